The van der Waals surface area contributed by atoms with E-state index in [-0.39, 0.29) is 17.5 Å². The fourth-order valence-electron chi connectivity index (χ4n) is 3.02. The van der Waals surface area contributed by atoms with Crippen molar-refractivity contribution in [3.05, 3.63) is 24.3 Å². The first-order chi connectivity index (χ1) is 10.8. The molecule has 1 aromatic rings. The molecule has 1 aromatic carbocycles. The van der Waals surface area contributed by atoms with Gasteiger partial charge in [-0.25, -0.2) is 8.42 Å². The number of carbonyl (C=O) groups excluding carboxylic acids is 1. The first-order valence-electron chi connectivity index (χ1n) is 7.83. The summed E-state index contributed by atoms with van der Waals surface area (Å²) < 4.78 is 32.2. The lowest BCUT2D eigenvalue weighted by Crippen LogP contribution is -2.44. The normalized spacial score (nSPS) is 22.5. The van der Waals surface area contributed by atoms with E-state index in [2.05, 4.69) is 0 Å². The summed E-state index contributed by atoms with van der Waals surface area (Å²) in [7, 11) is -3.60. The van der Waals surface area contributed by atoms with Crippen molar-refractivity contribution < 1.29 is 17.9 Å². The molecule has 0 radical (unpaired) electrons. The standard InChI is InChI=1S/C16H22N2O4S/c1-16(2)11-22-12-18(16)23(20,21)14-8-6-13(7-9-14)17-10-4-3-5-15(17)19/h6-9H,3-5,10-12H2,1-2H3. The Kier molecular flexibility index (Phi) is 4.20. The number of anilines is 1. The van der Waals surface area contributed by atoms with Gasteiger partial charge in [-0.3, -0.25) is 4.79 Å². The van der Waals surface area contributed by atoms with E-state index in [0.29, 0.717) is 19.6 Å². The second-order valence-corrected chi connectivity index (χ2v) is 8.50. The van der Waals surface area contributed by atoms with Gasteiger partial charge >= 0.3 is 0 Å². The number of nitrogens with zero attached hydrogens (tertiary/aromatic N) is 2. The number of carbonyl (C=O) groups is 1. The summed E-state index contributed by atoms with van der Waals surface area (Å²) in [4.78, 5) is 13.9. The molecular weight excluding hydrogens is 316 g/mol. The Morgan fingerprint density at radius 1 is 1.13 bits per heavy atom. The van der Waals surface area contributed by atoms with E-state index >= 15 is 0 Å². The molecule has 2 aliphatic heterocycles. The molecule has 0 bridgehead atoms. The number of hydrogen-bond acceptors (Lipinski definition) is 4. The Bertz CT molecular complexity index is 697. The number of amides is 1. The fourth-order valence-corrected chi connectivity index (χ4v) is 4.68. The van der Waals surface area contributed by atoms with Crippen molar-refractivity contribution in [1.82, 2.24) is 4.31 Å². The molecule has 2 aliphatic rings. The van der Waals surface area contributed by atoms with Gasteiger partial charge in [-0.05, 0) is 51.0 Å². The first kappa shape index (κ1) is 16.4. The van der Waals surface area contributed by atoms with Crippen LogP contribution in [0.2, 0.25) is 0 Å². The highest BCUT2D eigenvalue weighted by Crippen LogP contribution is 2.30. The Labute approximate surface area is 137 Å². The summed E-state index contributed by atoms with van der Waals surface area (Å²) in [6.07, 6.45) is 2.45. The summed E-state index contributed by atoms with van der Waals surface area (Å²) in [6.45, 7) is 4.84. The van der Waals surface area contributed by atoms with Crippen LogP contribution >= 0.6 is 0 Å². The maximum absolute atomic E-state index is 12.8. The Balaban J connectivity index is 1.86. The molecule has 1 amide bonds. The number of piperidine rings is 1. The first-order valence-corrected chi connectivity index (χ1v) is 9.27. The average molecular weight is 338 g/mol. The van der Waals surface area contributed by atoms with Crippen LogP contribution in [0.3, 0.4) is 0 Å². The maximum atomic E-state index is 12.8. The summed E-state index contributed by atoms with van der Waals surface area (Å²) in [6, 6.07) is 6.56. The molecule has 0 atom stereocenters. The molecule has 6 nitrogen and oxygen atoms in total. The zero-order valence-electron chi connectivity index (χ0n) is 13.5. The lowest BCUT2D eigenvalue weighted by Gasteiger charge is -2.29. The molecule has 2 saturated heterocycles. The number of sulfonamides is 1. The number of rotatable bonds is 3. The van der Waals surface area contributed by atoms with Gasteiger partial charge in [0.25, 0.3) is 0 Å². The highest BCUT2D eigenvalue weighted by Gasteiger charge is 2.42. The van der Waals surface area contributed by atoms with E-state index in [1.165, 1.54) is 4.31 Å². The Morgan fingerprint density at radius 2 is 1.83 bits per heavy atom. The van der Waals surface area contributed by atoms with Gasteiger partial charge in [-0.2, -0.15) is 4.31 Å². The van der Waals surface area contributed by atoms with Crippen molar-refractivity contribution in [2.24, 2.45) is 0 Å². The van der Waals surface area contributed by atoms with Crippen LogP contribution in [-0.2, 0) is 19.6 Å². The van der Waals surface area contributed by atoms with Gasteiger partial charge < -0.3 is 9.64 Å². The van der Waals surface area contributed by atoms with E-state index in [9.17, 15) is 13.2 Å². The third kappa shape index (κ3) is 3.00. The Morgan fingerprint density at radius 3 is 2.39 bits per heavy atom. The molecule has 0 N–H and O–H groups in total. The second-order valence-electron chi connectivity index (χ2n) is 6.64. The topological polar surface area (TPSA) is 66.9 Å². The molecule has 2 fully saturated rings. The van der Waals surface area contributed by atoms with Crippen molar-refractivity contribution >= 4 is 21.6 Å². The zero-order chi connectivity index (χ0) is 16.7. The molecular formula is C16H22N2O4S. The number of hydrogen-bond donors (Lipinski definition) is 0. The monoisotopic (exact) mass is 338 g/mol. The molecule has 23 heavy (non-hydrogen) atoms. The number of benzene rings is 1. The minimum atomic E-state index is -3.60. The van der Waals surface area contributed by atoms with Gasteiger partial charge in [0.15, 0.2) is 0 Å². The molecule has 3 rings (SSSR count). The van der Waals surface area contributed by atoms with Crippen molar-refractivity contribution in [2.75, 3.05) is 24.8 Å². The summed E-state index contributed by atoms with van der Waals surface area (Å²) in [5.41, 5.74) is 0.200. The number of ether oxygens (including phenoxy) is 1. The maximum Gasteiger partial charge on any atom is 0.245 e. The van der Waals surface area contributed by atoms with Gasteiger partial charge in [0.2, 0.25) is 15.9 Å². The molecule has 0 saturated carbocycles. The minimum Gasteiger partial charge on any atom is -0.363 e. The van der Waals surface area contributed by atoms with Crippen molar-refractivity contribution in [3.8, 4) is 0 Å². The van der Waals surface area contributed by atoms with Gasteiger partial charge in [-0.1, -0.05) is 0 Å². The lowest BCUT2D eigenvalue weighted by molar-refractivity contribution is -0.119. The van der Waals surface area contributed by atoms with Gasteiger partial charge in [0.05, 0.1) is 17.0 Å². The van der Waals surface area contributed by atoms with Crippen LogP contribution in [0, 0.1) is 0 Å². The van der Waals surface area contributed by atoms with Crippen LogP contribution in [0.5, 0.6) is 0 Å². The van der Waals surface area contributed by atoms with E-state index in [1.54, 1.807) is 29.2 Å². The van der Waals surface area contributed by atoms with Crippen LogP contribution in [0.15, 0.2) is 29.2 Å². The smallest absolute Gasteiger partial charge is 0.245 e. The lowest BCUT2D eigenvalue weighted by atomic mass is 10.1. The van der Waals surface area contributed by atoms with Gasteiger partial charge in [-0.15, -0.1) is 0 Å². The summed E-state index contributed by atoms with van der Waals surface area (Å²) >= 11 is 0. The minimum absolute atomic E-state index is 0.0711. The van der Waals surface area contributed by atoms with E-state index in [1.807, 2.05) is 13.8 Å². The predicted octanol–water partition coefficient (Wildman–Crippen LogP) is 1.96. The average Bonchev–Trinajstić information content (AvgIpc) is 2.88. The molecule has 0 unspecified atom stereocenters. The molecule has 2 heterocycles. The van der Waals surface area contributed by atoms with Crippen molar-refractivity contribution in [1.29, 1.82) is 0 Å². The van der Waals surface area contributed by atoms with Crippen molar-refractivity contribution in [3.63, 3.8) is 0 Å². The third-order valence-corrected chi connectivity index (χ3v) is 6.45. The van der Waals surface area contributed by atoms with E-state index in [0.717, 1.165) is 18.5 Å². The molecule has 0 spiro atoms. The SMILES string of the molecule is CC1(C)COCN1S(=O)(=O)c1ccc(N2CCCCC2=O)cc1. The summed E-state index contributed by atoms with van der Waals surface area (Å²) in [5.74, 6) is 0.0981. The Hall–Kier alpha value is -1.44. The highest BCUT2D eigenvalue weighted by molar-refractivity contribution is 7.89. The van der Waals surface area contributed by atoms with Crippen LogP contribution in [0.4, 0.5) is 5.69 Å². The fraction of sp³-hybridized carbons (Fsp3) is 0.562. The quantitative estimate of drug-likeness (QED) is 0.845. The van der Waals surface area contributed by atoms with Crippen LogP contribution < -0.4 is 4.90 Å². The molecule has 7 heteroatoms. The highest BCUT2D eigenvalue weighted by atomic mass is 32.2. The molecule has 0 aliphatic carbocycles. The zero-order valence-corrected chi connectivity index (χ0v) is 14.3. The van der Waals surface area contributed by atoms with Gasteiger partial charge in [0.1, 0.15) is 6.73 Å². The van der Waals surface area contributed by atoms with Crippen molar-refractivity contribution in [2.45, 2.75) is 43.5 Å². The van der Waals surface area contributed by atoms with Crippen LogP contribution in [0.1, 0.15) is 33.1 Å². The molecule has 0 aromatic heterocycles. The third-order valence-electron chi connectivity index (χ3n) is 4.40. The predicted molar refractivity (Wildman–Crippen MR) is 86.6 cm³/mol. The van der Waals surface area contributed by atoms with Gasteiger partial charge in [0, 0.05) is 18.7 Å². The largest absolute Gasteiger partial charge is 0.363 e. The van der Waals surface area contributed by atoms with E-state index < -0.39 is 15.6 Å². The summed E-state index contributed by atoms with van der Waals surface area (Å²) in [5, 5.41) is 0. The van der Waals surface area contributed by atoms with E-state index in [4.69, 9.17) is 4.74 Å². The van der Waals surface area contributed by atoms with Crippen LogP contribution in [0.25, 0.3) is 0 Å². The molecule has 126 valence electrons. The van der Waals surface area contributed by atoms with Crippen LogP contribution in [-0.4, -0.2) is 44.1 Å². The second kappa shape index (κ2) is 5.89.